The number of aliphatic carboxylic acids is 2. The zero-order valence-corrected chi connectivity index (χ0v) is 18.4. The summed E-state index contributed by atoms with van der Waals surface area (Å²) in [5.74, 6) is -1.25. The van der Waals surface area contributed by atoms with Gasteiger partial charge in [-0.2, -0.15) is 0 Å². The summed E-state index contributed by atoms with van der Waals surface area (Å²) in [4.78, 5) is 21.5. The number of carboxylic acids is 2. The zero-order valence-electron chi connectivity index (χ0n) is 17.6. The average molecular weight is 449 g/mol. The topological polar surface area (TPSA) is 99.1 Å². The van der Waals surface area contributed by atoms with Crippen LogP contribution in [0.2, 0.25) is 5.02 Å². The first-order valence-corrected chi connectivity index (χ1v) is 10.6. The van der Waals surface area contributed by atoms with E-state index >= 15 is 0 Å². The minimum atomic E-state index is -1.08. The van der Waals surface area contributed by atoms with Crippen molar-refractivity contribution in [3.05, 3.63) is 58.6 Å². The number of likely N-dealkylation sites (N-methyl/N-ethyl adjacent to an activating group) is 1. The third kappa shape index (κ3) is 8.47. The van der Waals surface area contributed by atoms with Gasteiger partial charge in [-0.05, 0) is 55.3 Å². The first-order chi connectivity index (χ1) is 14.9. The number of fused-ring (bicyclic) bond motifs is 1. The van der Waals surface area contributed by atoms with Crippen LogP contribution in [0.5, 0.6) is 5.75 Å². The number of nitrogens with one attached hydrogen (secondary N) is 1. The van der Waals surface area contributed by atoms with Crippen LogP contribution in [0.15, 0.2) is 42.5 Å². The fourth-order valence-electron chi connectivity index (χ4n) is 3.28. The largest absolute Gasteiger partial charge is 0.492 e. The highest BCUT2D eigenvalue weighted by Crippen LogP contribution is 2.33. The fourth-order valence-corrected chi connectivity index (χ4v) is 3.60. The molecule has 3 rings (SSSR count). The van der Waals surface area contributed by atoms with Gasteiger partial charge in [0.1, 0.15) is 12.4 Å². The molecule has 0 saturated carbocycles. The van der Waals surface area contributed by atoms with Crippen molar-refractivity contribution in [2.75, 3.05) is 38.2 Å². The summed E-state index contributed by atoms with van der Waals surface area (Å²) in [5, 5.41) is 20.1. The molecule has 0 aliphatic carbocycles. The van der Waals surface area contributed by atoms with Crippen molar-refractivity contribution in [2.24, 2.45) is 0 Å². The van der Waals surface area contributed by atoms with E-state index in [2.05, 4.69) is 23.3 Å². The number of para-hydroxylation sites is 1. The van der Waals surface area contributed by atoms with E-state index in [4.69, 9.17) is 26.6 Å². The van der Waals surface area contributed by atoms with Crippen LogP contribution in [0, 0.1) is 0 Å². The second-order valence-corrected chi connectivity index (χ2v) is 7.56. The van der Waals surface area contributed by atoms with Gasteiger partial charge in [0, 0.05) is 7.05 Å². The van der Waals surface area contributed by atoms with Gasteiger partial charge in [0.05, 0.1) is 30.1 Å². The first-order valence-electron chi connectivity index (χ1n) is 10.2. The van der Waals surface area contributed by atoms with Gasteiger partial charge >= 0.3 is 11.9 Å². The number of hydrogen-bond acceptors (Lipinski definition) is 5. The van der Waals surface area contributed by atoms with Crippen molar-refractivity contribution in [3.8, 4) is 5.75 Å². The number of anilines is 1. The lowest BCUT2D eigenvalue weighted by molar-refractivity contribution is -0.143. The molecule has 8 heteroatoms. The molecule has 7 nitrogen and oxygen atoms in total. The van der Waals surface area contributed by atoms with Gasteiger partial charge in [-0.15, -0.1) is 0 Å². The molecule has 168 valence electrons. The van der Waals surface area contributed by atoms with Gasteiger partial charge in [0.2, 0.25) is 0 Å². The molecule has 0 atom stereocenters. The summed E-state index contributed by atoms with van der Waals surface area (Å²) >= 11 is 6.50. The van der Waals surface area contributed by atoms with Crippen LogP contribution in [-0.4, -0.2) is 55.4 Å². The molecule has 0 spiro atoms. The van der Waals surface area contributed by atoms with Gasteiger partial charge in [-0.3, -0.25) is 9.59 Å². The summed E-state index contributed by atoms with van der Waals surface area (Å²) in [6.07, 6.45) is 1.49. The smallest absolute Gasteiger partial charge is 0.303 e. The molecule has 0 saturated heterocycles. The Bertz CT molecular complexity index is 847. The number of carboxylic acid groups (broad SMARTS) is 2. The van der Waals surface area contributed by atoms with E-state index < -0.39 is 11.9 Å². The first kappa shape index (κ1) is 24.5. The van der Waals surface area contributed by atoms with Crippen LogP contribution in [0.1, 0.15) is 24.0 Å². The molecular weight excluding hydrogens is 420 g/mol. The molecule has 0 amide bonds. The van der Waals surface area contributed by atoms with Crippen molar-refractivity contribution in [2.45, 2.75) is 25.7 Å². The number of hydrogen-bond donors (Lipinski definition) is 3. The van der Waals surface area contributed by atoms with Gasteiger partial charge in [-0.25, -0.2) is 0 Å². The molecule has 0 unspecified atom stereocenters. The molecule has 3 N–H and O–H groups in total. The van der Waals surface area contributed by atoms with Crippen LogP contribution in [0.3, 0.4) is 0 Å². The van der Waals surface area contributed by atoms with E-state index in [-0.39, 0.29) is 12.8 Å². The maximum atomic E-state index is 9.64. The Kier molecular flexibility index (Phi) is 10.1. The van der Waals surface area contributed by atoms with Crippen LogP contribution in [0.25, 0.3) is 0 Å². The lowest BCUT2D eigenvalue weighted by atomic mass is 10.00. The van der Waals surface area contributed by atoms with Crippen molar-refractivity contribution in [1.82, 2.24) is 5.32 Å². The molecule has 0 aromatic heterocycles. The Hall–Kier alpha value is -2.77. The van der Waals surface area contributed by atoms with Crippen LogP contribution < -0.4 is 15.0 Å². The standard InChI is InChI=1S/C19H23ClN2O.C4H6O4/c1-22(13-14-23-16-5-3-2-4-6-16)19-17-10-12-21-11-9-15(17)7-8-18(19)20;5-3(6)1-2-4(7)8/h2-8,21H,9-14H2,1H3;1-2H2,(H,5,6)(H,7,8). The Morgan fingerprint density at radius 2 is 1.68 bits per heavy atom. The molecule has 1 heterocycles. The van der Waals surface area contributed by atoms with Crippen molar-refractivity contribution in [3.63, 3.8) is 0 Å². The van der Waals surface area contributed by atoms with Crippen LogP contribution >= 0.6 is 11.6 Å². The Balaban J connectivity index is 0.000000366. The number of ether oxygens (including phenoxy) is 1. The number of rotatable bonds is 8. The summed E-state index contributed by atoms with van der Waals surface area (Å²) < 4.78 is 5.81. The molecule has 2 aromatic carbocycles. The van der Waals surface area contributed by atoms with Gasteiger partial charge in [-0.1, -0.05) is 35.9 Å². The van der Waals surface area contributed by atoms with E-state index in [1.165, 1.54) is 11.1 Å². The number of benzene rings is 2. The Morgan fingerprint density at radius 1 is 1.03 bits per heavy atom. The molecule has 0 radical (unpaired) electrons. The summed E-state index contributed by atoms with van der Waals surface area (Å²) in [6, 6.07) is 14.1. The SMILES string of the molecule is CN(CCOc1ccccc1)c1c(Cl)ccc2c1CCNCC2.O=C(O)CCC(=O)O. The second kappa shape index (κ2) is 12.8. The third-order valence-corrected chi connectivity index (χ3v) is 5.13. The predicted octanol–water partition coefficient (Wildman–Crippen LogP) is 3.48. The van der Waals surface area contributed by atoms with Crippen LogP contribution in [-0.2, 0) is 22.4 Å². The maximum absolute atomic E-state index is 9.64. The van der Waals surface area contributed by atoms with Crippen molar-refractivity contribution < 1.29 is 24.5 Å². The highest BCUT2D eigenvalue weighted by atomic mass is 35.5. The highest BCUT2D eigenvalue weighted by Gasteiger charge is 2.17. The lowest BCUT2D eigenvalue weighted by Crippen LogP contribution is -2.25. The highest BCUT2D eigenvalue weighted by molar-refractivity contribution is 6.33. The molecule has 31 heavy (non-hydrogen) atoms. The Morgan fingerprint density at radius 3 is 2.32 bits per heavy atom. The third-order valence-electron chi connectivity index (χ3n) is 4.83. The minimum absolute atomic E-state index is 0.296. The van der Waals surface area contributed by atoms with E-state index in [1.54, 1.807) is 0 Å². The predicted molar refractivity (Wildman–Crippen MR) is 121 cm³/mol. The fraction of sp³-hybridized carbons (Fsp3) is 0.391. The van der Waals surface area contributed by atoms with Crippen molar-refractivity contribution in [1.29, 1.82) is 0 Å². The Labute approximate surface area is 187 Å². The van der Waals surface area contributed by atoms with Crippen molar-refractivity contribution >= 4 is 29.2 Å². The van der Waals surface area contributed by atoms with E-state index in [0.29, 0.717) is 6.61 Å². The van der Waals surface area contributed by atoms with Gasteiger partial charge in [0.15, 0.2) is 0 Å². The number of halogens is 1. The summed E-state index contributed by atoms with van der Waals surface area (Å²) in [5.41, 5.74) is 3.94. The van der Waals surface area contributed by atoms with E-state index in [0.717, 1.165) is 48.9 Å². The molecule has 0 bridgehead atoms. The average Bonchev–Trinajstić information content (AvgIpc) is 2.99. The molecule has 1 aliphatic rings. The number of nitrogens with zero attached hydrogens (tertiary/aromatic N) is 1. The minimum Gasteiger partial charge on any atom is -0.492 e. The zero-order chi connectivity index (χ0) is 22.6. The molecule has 0 fully saturated rings. The summed E-state index contributed by atoms with van der Waals surface area (Å²) in [6.45, 7) is 3.49. The van der Waals surface area contributed by atoms with Crippen LogP contribution in [0.4, 0.5) is 5.69 Å². The summed E-state index contributed by atoms with van der Waals surface area (Å²) in [7, 11) is 2.09. The lowest BCUT2D eigenvalue weighted by Gasteiger charge is -2.25. The second-order valence-electron chi connectivity index (χ2n) is 7.15. The quantitative estimate of drug-likeness (QED) is 0.568. The van der Waals surface area contributed by atoms with Gasteiger partial charge in [0.25, 0.3) is 0 Å². The number of carbonyl (C=O) groups is 2. The molecule has 2 aromatic rings. The van der Waals surface area contributed by atoms with Gasteiger partial charge < -0.3 is 25.2 Å². The maximum Gasteiger partial charge on any atom is 0.303 e. The normalized spacial score (nSPS) is 12.6. The van der Waals surface area contributed by atoms with E-state index in [9.17, 15) is 9.59 Å². The molecular formula is C23H29ClN2O5. The van der Waals surface area contributed by atoms with E-state index in [1.807, 2.05) is 36.4 Å². The molecule has 1 aliphatic heterocycles. The monoisotopic (exact) mass is 448 g/mol.